The van der Waals surface area contributed by atoms with Gasteiger partial charge < -0.3 is 0 Å². The van der Waals surface area contributed by atoms with Crippen LogP contribution in [0, 0.1) is 0 Å². The van der Waals surface area contributed by atoms with Crippen LogP contribution in [0.4, 0.5) is 0 Å². The number of hydrogen-bond donors (Lipinski definition) is 2. The zero-order valence-corrected chi connectivity index (χ0v) is 9.99. The Morgan fingerprint density at radius 2 is 1.57 bits per heavy atom. The van der Waals surface area contributed by atoms with Crippen LogP contribution in [0.5, 0.6) is 0 Å². The van der Waals surface area contributed by atoms with Crippen molar-refractivity contribution in [2.75, 3.05) is 13.6 Å². The van der Waals surface area contributed by atoms with Gasteiger partial charge >= 0.3 is 0 Å². The molecule has 0 aromatic heterocycles. The Morgan fingerprint density at radius 3 is 2.14 bits per heavy atom. The summed E-state index contributed by atoms with van der Waals surface area (Å²) in [6, 6.07) is 0. The number of nitrogens with one attached hydrogen (secondary N) is 2. The molecule has 0 aromatic carbocycles. The van der Waals surface area contributed by atoms with E-state index in [1.54, 1.807) is 0 Å². The Hall–Kier alpha value is -0.130. The van der Waals surface area contributed by atoms with Gasteiger partial charge in [0, 0.05) is 13.6 Å². The molecule has 0 fully saturated rings. The molecule has 2 N–H and O–H groups in total. The van der Waals surface area contributed by atoms with E-state index in [0.29, 0.717) is 6.54 Å². The van der Waals surface area contributed by atoms with Gasteiger partial charge in [-0.1, -0.05) is 39.0 Å². The topological polar surface area (TPSA) is 58.2 Å². The fraction of sp³-hybridized carbons (Fsp3) is 1.00. The predicted octanol–water partition coefficient (Wildman–Crippen LogP) is 1.40. The fourth-order valence-electron chi connectivity index (χ4n) is 1.18. The summed E-state index contributed by atoms with van der Waals surface area (Å²) in [4.78, 5) is 0. The van der Waals surface area contributed by atoms with Crippen LogP contribution in [-0.2, 0) is 10.2 Å². The molecule has 86 valence electrons. The van der Waals surface area contributed by atoms with Crippen molar-refractivity contribution in [3.63, 3.8) is 0 Å². The molecule has 0 aromatic rings. The smallest absolute Gasteiger partial charge is 0.205 e. The molecular weight excluding hydrogens is 200 g/mol. The van der Waals surface area contributed by atoms with E-state index >= 15 is 0 Å². The summed E-state index contributed by atoms with van der Waals surface area (Å²) in [5.41, 5.74) is 0. The van der Waals surface area contributed by atoms with E-state index in [4.69, 9.17) is 0 Å². The van der Waals surface area contributed by atoms with Crippen LogP contribution in [0.2, 0.25) is 0 Å². The van der Waals surface area contributed by atoms with Crippen molar-refractivity contribution in [1.82, 2.24) is 9.44 Å². The van der Waals surface area contributed by atoms with E-state index in [9.17, 15) is 8.42 Å². The summed E-state index contributed by atoms with van der Waals surface area (Å²) in [7, 11) is -1.81. The molecule has 4 nitrogen and oxygen atoms in total. The number of rotatable bonds is 9. The lowest BCUT2D eigenvalue weighted by atomic mass is 10.1. The van der Waals surface area contributed by atoms with Gasteiger partial charge in [-0.15, -0.1) is 0 Å². The minimum absolute atomic E-state index is 0.537. The summed E-state index contributed by atoms with van der Waals surface area (Å²) in [6.07, 6.45) is 7.01. The van der Waals surface area contributed by atoms with Crippen LogP contribution in [0.25, 0.3) is 0 Å². The van der Waals surface area contributed by atoms with Crippen molar-refractivity contribution in [2.45, 2.75) is 45.4 Å². The van der Waals surface area contributed by atoms with E-state index in [0.717, 1.165) is 12.8 Å². The molecule has 0 unspecified atom stereocenters. The Morgan fingerprint density at radius 1 is 1.00 bits per heavy atom. The highest BCUT2D eigenvalue weighted by molar-refractivity contribution is 7.87. The third-order valence-corrected chi connectivity index (χ3v) is 3.21. The summed E-state index contributed by atoms with van der Waals surface area (Å²) >= 11 is 0. The molecule has 0 aliphatic carbocycles. The van der Waals surface area contributed by atoms with Crippen molar-refractivity contribution >= 4 is 10.2 Å². The van der Waals surface area contributed by atoms with E-state index in [2.05, 4.69) is 16.4 Å². The number of hydrogen-bond acceptors (Lipinski definition) is 2. The lowest BCUT2D eigenvalue weighted by molar-refractivity contribution is 0.561. The molecule has 0 spiro atoms. The highest BCUT2D eigenvalue weighted by Crippen LogP contribution is 2.03. The quantitative estimate of drug-likeness (QED) is 0.579. The maximum Gasteiger partial charge on any atom is 0.276 e. The second-order valence-corrected chi connectivity index (χ2v) is 5.07. The van der Waals surface area contributed by atoms with Gasteiger partial charge in [-0.3, -0.25) is 0 Å². The van der Waals surface area contributed by atoms with Crippen LogP contribution < -0.4 is 9.44 Å². The molecule has 0 bridgehead atoms. The first kappa shape index (κ1) is 13.9. The normalized spacial score (nSPS) is 11.9. The summed E-state index contributed by atoms with van der Waals surface area (Å²) in [5.74, 6) is 0. The second kappa shape index (κ2) is 8.20. The zero-order chi connectivity index (χ0) is 10.9. The molecule has 5 heteroatoms. The Labute approximate surface area is 87.7 Å². The Bertz CT molecular complexity index is 215. The molecule has 0 atom stereocenters. The van der Waals surface area contributed by atoms with Gasteiger partial charge in [0.05, 0.1) is 0 Å². The lowest BCUT2D eigenvalue weighted by Crippen LogP contribution is -2.34. The van der Waals surface area contributed by atoms with E-state index in [-0.39, 0.29) is 0 Å². The van der Waals surface area contributed by atoms with Crippen LogP contribution >= 0.6 is 0 Å². The van der Waals surface area contributed by atoms with Gasteiger partial charge in [0.25, 0.3) is 10.2 Å². The SMILES string of the molecule is CCCCCCCCNS(=O)(=O)NC. The first-order chi connectivity index (χ1) is 6.62. The molecule has 0 heterocycles. The van der Waals surface area contributed by atoms with Crippen LogP contribution in [0.1, 0.15) is 45.4 Å². The van der Waals surface area contributed by atoms with Gasteiger partial charge in [-0.05, 0) is 6.42 Å². The molecule has 0 rings (SSSR count). The number of unbranched alkanes of at least 4 members (excludes halogenated alkanes) is 5. The average molecular weight is 222 g/mol. The summed E-state index contributed by atoms with van der Waals surface area (Å²) in [6.45, 7) is 2.72. The highest BCUT2D eigenvalue weighted by Gasteiger charge is 2.02. The maximum atomic E-state index is 10.9. The average Bonchev–Trinajstić information content (AvgIpc) is 2.16. The molecule has 0 radical (unpaired) electrons. The van der Waals surface area contributed by atoms with Gasteiger partial charge in [0.1, 0.15) is 0 Å². The van der Waals surface area contributed by atoms with Crippen LogP contribution in [-0.4, -0.2) is 22.0 Å². The first-order valence-corrected chi connectivity index (χ1v) is 6.79. The fourth-order valence-corrected chi connectivity index (χ4v) is 1.74. The predicted molar refractivity (Wildman–Crippen MR) is 59.4 cm³/mol. The maximum absolute atomic E-state index is 10.9. The van der Waals surface area contributed by atoms with E-state index in [1.165, 1.54) is 32.7 Å². The highest BCUT2D eigenvalue weighted by atomic mass is 32.2. The van der Waals surface area contributed by atoms with Crippen LogP contribution in [0.15, 0.2) is 0 Å². The van der Waals surface area contributed by atoms with Gasteiger partial charge in [-0.2, -0.15) is 8.42 Å². The largest absolute Gasteiger partial charge is 0.276 e. The molecule has 0 aliphatic rings. The van der Waals surface area contributed by atoms with Crippen molar-refractivity contribution in [2.24, 2.45) is 0 Å². The molecule has 0 amide bonds. The molecule has 0 saturated carbocycles. The second-order valence-electron chi connectivity index (χ2n) is 3.37. The van der Waals surface area contributed by atoms with Crippen molar-refractivity contribution in [3.05, 3.63) is 0 Å². The van der Waals surface area contributed by atoms with Crippen LogP contribution in [0.3, 0.4) is 0 Å². The standard InChI is InChI=1S/C9H22N2O2S/c1-3-4-5-6-7-8-9-11-14(12,13)10-2/h10-11H,3-9H2,1-2H3. The zero-order valence-electron chi connectivity index (χ0n) is 9.17. The van der Waals surface area contributed by atoms with Gasteiger partial charge in [0.15, 0.2) is 0 Å². The molecule has 0 aliphatic heterocycles. The van der Waals surface area contributed by atoms with E-state index < -0.39 is 10.2 Å². The van der Waals surface area contributed by atoms with Gasteiger partial charge in [0.2, 0.25) is 0 Å². The van der Waals surface area contributed by atoms with Crippen molar-refractivity contribution in [3.8, 4) is 0 Å². The summed E-state index contributed by atoms with van der Waals surface area (Å²) < 4.78 is 26.5. The summed E-state index contributed by atoms with van der Waals surface area (Å²) in [5, 5.41) is 0. The Balaban J connectivity index is 3.22. The lowest BCUT2D eigenvalue weighted by Gasteiger charge is -2.04. The van der Waals surface area contributed by atoms with Gasteiger partial charge in [-0.25, -0.2) is 9.44 Å². The third kappa shape index (κ3) is 8.47. The van der Waals surface area contributed by atoms with E-state index in [1.807, 2.05) is 0 Å². The monoisotopic (exact) mass is 222 g/mol. The minimum atomic E-state index is -3.22. The Kier molecular flexibility index (Phi) is 8.12. The molecular formula is C9H22N2O2S. The molecule has 14 heavy (non-hydrogen) atoms. The molecule has 0 saturated heterocycles. The minimum Gasteiger partial charge on any atom is -0.205 e. The first-order valence-electron chi connectivity index (χ1n) is 5.30. The van der Waals surface area contributed by atoms with Crippen molar-refractivity contribution < 1.29 is 8.42 Å². The van der Waals surface area contributed by atoms with Crippen molar-refractivity contribution in [1.29, 1.82) is 0 Å². The third-order valence-electron chi connectivity index (χ3n) is 2.09.